The molecule has 0 aliphatic carbocycles. The number of pyridine rings is 1. The normalized spacial score (nSPS) is 21.8. The minimum absolute atomic E-state index is 0.00542. The van der Waals surface area contributed by atoms with Gasteiger partial charge in [0.1, 0.15) is 0 Å². The molecule has 8 heteroatoms. The van der Waals surface area contributed by atoms with E-state index in [9.17, 15) is 9.18 Å². The molecule has 2 aromatic heterocycles. The van der Waals surface area contributed by atoms with Gasteiger partial charge in [-0.05, 0) is 50.8 Å². The van der Waals surface area contributed by atoms with Crippen LogP contribution >= 0.6 is 11.6 Å². The molecule has 6 nitrogen and oxygen atoms in total. The molecular formula is C25H24ClFN4O2. The summed E-state index contributed by atoms with van der Waals surface area (Å²) in [6.45, 7) is 2.27. The Kier molecular flexibility index (Phi) is 5.98. The maximum Gasteiger partial charge on any atom is 0.255 e. The number of nitrogens with zero attached hydrogens (tertiary/aromatic N) is 4. The predicted molar refractivity (Wildman–Crippen MR) is 123 cm³/mol. The van der Waals surface area contributed by atoms with E-state index < -0.39 is 5.82 Å². The maximum absolute atomic E-state index is 14.1. The summed E-state index contributed by atoms with van der Waals surface area (Å²) in [7, 11) is 0. The van der Waals surface area contributed by atoms with Gasteiger partial charge in [-0.1, -0.05) is 29.3 Å². The van der Waals surface area contributed by atoms with Crippen LogP contribution in [0.15, 0.2) is 48.9 Å². The summed E-state index contributed by atoms with van der Waals surface area (Å²) in [4.78, 5) is 28.6. The molecule has 0 spiro atoms. The number of piperidine rings is 1. The third kappa shape index (κ3) is 4.29. The lowest BCUT2D eigenvalue weighted by Gasteiger charge is -2.40. The van der Waals surface area contributed by atoms with Crippen molar-refractivity contribution in [3.05, 3.63) is 70.9 Å². The van der Waals surface area contributed by atoms with Crippen molar-refractivity contribution in [2.75, 3.05) is 6.61 Å². The molecule has 2 saturated heterocycles. The second-order valence-corrected chi connectivity index (χ2v) is 9.16. The molecular weight excluding hydrogens is 443 g/mol. The lowest BCUT2D eigenvalue weighted by atomic mass is 9.89. The smallest absolute Gasteiger partial charge is 0.255 e. The number of fused-ring (bicyclic) bond motifs is 2. The van der Waals surface area contributed by atoms with Crippen molar-refractivity contribution >= 4 is 17.5 Å². The number of aromatic nitrogens is 3. The number of amides is 1. The standard InChI is InChI=1S/C25H24ClFN4O2/c1-15-3-7-19(23-28-9-2-10-29-23)20(11-15)25(32)31-18-5-4-16(22(31)8-6-18)14-33-24-21(27)12-17(26)13-30-24/h2-3,7,9-13,16,18,22H,4-6,8,14H2,1H3/t16?,18-,22?/m1/s1. The van der Waals surface area contributed by atoms with Gasteiger partial charge in [0.2, 0.25) is 5.88 Å². The second-order valence-electron chi connectivity index (χ2n) is 8.72. The fourth-order valence-electron chi connectivity index (χ4n) is 5.07. The highest BCUT2D eigenvalue weighted by Crippen LogP contribution is 2.41. The quantitative estimate of drug-likeness (QED) is 0.523. The van der Waals surface area contributed by atoms with Crippen LogP contribution in [0.2, 0.25) is 5.02 Å². The summed E-state index contributed by atoms with van der Waals surface area (Å²) in [6, 6.07) is 8.99. The highest BCUT2D eigenvalue weighted by molar-refractivity contribution is 6.30. The summed E-state index contributed by atoms with van der Waals surface area (Å²) >= 11 is 5.79. The summed E-state index contributed by atoms with van der Waals surface area (Å²) in [6.07, 6.45) is 8.42. The Morgan fingerprint density at radius 2 is 1.94 bits per heavy atom. The van der Waals surface area contributed by atoms with Gasteiger partial charge in [-0.25, -0.2) is 19.3 Å². The highest BCUT2D eigenvalue weighted by Gasteiger charge is 2.45. The molecule has 2 fully saturated rings. The van der Waals surface area contributed by atoms with E-state index in [2.05, 4.69) is 15.0 Å². The second kappa shape index (κ2) is 9.06. The maximum atomic E-state index is 14.1. The van der Waals surface area contributed by atoms with Gasteiger partial charge in [0.05, 0.1) is 17.2 Å². The van der Waals surface area contributed by atoms with E-state index in [1.807, 2.05) is 30.0 Å². The fourth-order valence-corrected chi connectivity index (χ4v) is 5.21. The lowest BCUT2D eigenvalue weighted by molar-refractivity contribution is 0.0400. The van der Waals surface area contributed by atoms with Crippen molar-refractivity contribution in [2.24, 2.45) is 5.92 Å². The first-order valence-electron chi connectivity index (χ1n) is 11.2. The number of benzene rings is 1. The number of carbonyl (C=O) groups excluding carboxylic acids is 1. The van der Waals surface area contributed by atoms with E-state index in [4.69, 9.17) is 16.3 Å². The topological polar surface area (TPSA) is 68.2 Å². The van der Waals surface area contributed by atoms with E-state index >= 15 is 0 Å². The van der Waals surface area contributed by atoms with Crippen LogP contribution in [0.4, 0.5) is 4.39 Å². The van der Waals surface area contributed by atoms with Crippen LogP contribution in [0.1, 0.15) is 41.6 Å². The average molecular weight is 467 g/mol. The number of rotatable bonds is 5. The third-order valence-electron chi connectivity index (χ3n) is 6.62. The Morgan fingerprint density at radius 1 is 1.15 bits per heavy atom. The van der Waals surface area contributed by atoms with Gasteiger partial charge >= 0.3 is 0 Å². The number of hydrogen-bond donors (Lipinski definition) is 0. The largest absolute Gasteiger partial charge is 0.475 e. The predicted octanol–water partition coefficient (Wildman–Crippen LogP) is 5.10. The fraction of sp³-hybridized carbons (Fsp3) is 0.360. The van der Waals surface area contributed by atoms with E-state index in [1.165, 1.54) is 12.3 Å². The number of halogens is 2. The molecule has 2 bridgehead atoms. The summed E-state index contributed by atoms with van der Waals surface area (Å²) in [5.41, 5.74) is 2.35. The molecule has 1 amide bonds. The van der Waals surface area contributed by atoms with Gasteiger partial charge in [-0.2, -0.15) is 0 Å². The van der Waals surface area contributed by atoms with Gasteiger partial charge in [0.15, 0.2) is 11.6 Å². The van der Waals surface area contributed by atoms with Crippen molar-refractivity contribution in [3.63, 3.8) is 0 Å². The first-order valence-corrected chi connectivity index (χ1v) is 11.5. The average Bonchev–Trinajstić information content (AvgIpc) is 3.13. The Morgan fingerprint density at radius 3 is 2.73 bits per heavy atom. The molecule has 33 heavy (non-hydrogen) atoms. The Bertz CT molecular complexity index is 1180. The van der Waals surface area contributed by atoms with Gasteiger partial charge in [-0.3, -0.25) is 4.79 Å². The zero-order valence-corrected chi connectivity index (χ0v) is 19.0. The first kappa shape index (κ1) is 21.8. The molecule has 2 unspecified atom stereocenters. The van der Waals surface area contributed by atoms with Crippen LogP contribution in [0, 0.1) is 18.7 Å². The zero-order chi connectivity index (χ0) is 22.9. The molecule has 0 N–H and O–H groups in total. The number of aryl methyl sites for hydroxylation is 1. The molecule has 170 valence electrons. The van der Waals surface area contributed by atoms with Crippen molar-refractivity contribution in [1.29, 1.82) is 0 Å². The molecule has 0 radical (unpaired) electrons. The monoisotopic (exact) mass is 466 g/mol. The van der Waals surface area contributed by atoms with Crippen LogP contribution in [0.5, 0.6) is 5.88 Å². The van der Waals surface area contributed by atoms with Crippen LogP contribution < -0.4 is 4.74 Å². The number of carbonyl (C=O) groups is 1. The third-order valence-corrected chi connectivity index (χ3v) is 6.82. The van der Waals surface area contributed by atoms with Crippen molar-refractivity contribution in [2.45, 2.75) is 44.7 Å². The van der Waals surface area contributed by atoms with Crippen molar-refractivity contribution < 1.29 is 13.9 Å². The SMILES string of the molecule is Cc1ccc(-c2ncccn2)c(C(=O)N2C3CC[C@H]2CCC3COc2ncc(Cl)cc2F)c1. The van der Waals surface area contributed by atoms with Crippen molar-refractivity contribution in [3.8, 4) is 17.3 Å². The molecule has 5 rings (SSSR count). The molecule has 2 aliphatic rings. The van der Waals surface area contributed by atoms with Crippen LogP contribution in [0.3, 0.4) is 0 Å². The van der Waals surface area contributed by atoms with E-state index in [-0.39, 0.29) is 34.8 Å². The summed E-state index contributed by atoms with van der Waals surface area (Å²) < 4.78 is 19.8. The van der Waals surface area contributed by atoms with Crippen LogP contribution in [-0.4, -0.2) is 44.4 Å². The number of hydrogen-bond acceptors (Lipinski definition) is 5. The molecule has 1 aromatic carbocycles. The first-order chi connectivity index (χ1) is 16.0. The highest BCUT2D eigenvalue weighted by atomic mass is 35.5. The van der Waals surface area contributed by atoms with Gasteiger partial charge in [-0.15, -0.1) is 0 Å². The van der Waals surface area contributed by atoms with E-state index in [0.29, 0.717) is 18.0 Å². The minimum Gasteiger partial charge on any atom is -0.475 e. The van der Waals surface area contributed by atoms with Crippen LogP contribution in [-0.2, 0) is 0 Å². The molecule has 3 aromatic rings. The molecule has 3 atom stereocenters. The van der Waals surface area contributed by atoms with E-state index in [1.54, 1.807) is 18.5 Å². The van der Waals surface area contributed by atoms with Gasteiger partial charge < -0.3 is 9.64 Å². The van der Waals surface area contributed by atoms with Gasteiger partial charge in [0.25, 0.3) is 5.91 Å². The number of ether oxygens (including phenoxy) is 1. The lowest BCUT2D eigenvalue weighted by Crippen LogP contribution is -2.49. The molecule has 0 saturated carbocycles. The Balaban J connectivity index is 1.39. The van der Waals surface area contributed by atoms with E-state index in [0.717, 1.165) is 36.8 Å². The zero-order valence-electron chi connectivity index (χ0n) is 18.2. The summed E-state index contributed by atoms with van der Waals surface area (Å²) in [5, 5.41) is 0.226. The summed E-state index contributed by atoms with van der Waals surface area (Å²) in [5.74, 6) is -0.00302. The Labute approximate surface area is 196 Å². The Hall–Kier alpha value is -3.06. The minimum atomic E-state index is -0.581. The van der Waals surface area contributed by atoms with Gasteiger partial charge in [0, 0.05) is 42.2 Å². The molecule has 4 heterocycles. The molecule has 2 aliphatic heterocycles. The van der Waals surface area contributed by atoms with Crippen molar-refractivity contribution in [1.82, 2.24) is 19.9 Å². The van der Waals surface area contributed by atoms with Crippen LogP contribution in [0.25, 0.3) is 11.4 Å².